The van der Waals surface area contributed by atoms with Crippen LogP contribution in [0.5, 0.6) is 0 Å². The summed E-state index contributed by atoms with van der Waals surface area (Å²) in [6.45, 7) is 3.73. The third-order valence-corrected chi connectivity index (χ3v) is 4.03. The van der Waals surface area contributed by atoms with Gasteiger partial charge < -0.3 is 0 Å². The van der Waals surface area contributed by atoms with Crippen LogP contribution in [0.3, 0.4) is 0 Å². The Labute approximate surface area is 143 Å². The van der Waals surface area contributed by atoms with Crippen LogP contribution in [-0.4, -0.2) is 10.4 Å². The summed E-state index contributed by atoms with van der Waals surface area (Å²) in [4.78, 5) is 24.8. The number of nitrogens with zero attached hydrogens (tertiary/aromatic N) is 1. The van der Waals surface area contributed by atoms with Gasteiger partial charge in [-0.3, -0.25) is 14.2 Å². The summed E-state index contributed by atoms with van der Waals surface area (Å²) in [5, 5.41) is 0. The number of para-hydroxylation sites is 1. The average Bonchev–Trinajstić information content (AvgIpc) is 2.56. The van der Waals surface area contributed by atoms with E-state index >= 15 is 0 Å². The summed E-state index contributed by atoms with van der Waals surface area (Å²) in [5.74, 6) is -2.30. The fourth-order valence-electron chi connectivity index (χ4n) is 2.81. The van der Waals surface area contributed by atoms with Gasteiger partial charge in [-0.05, 0) is 43.2 Å². The third kappa shape index (κ3) is 3.13. The van der Waals surface area contributed by atoms with Crippen molar-refractivity contribution in [3.63, 3.8) is 0 Å². The molecule has 3 nitrogen and oxygen atoms in total. The lowest BCUT2D eigenvalue weighted by atomic mass is 10.0. The van der Waals surface area contributed by atoms with Crippen molar-refractivity contribution in [1.82, 2.24) is 4.57 Å². The van der Waals surface area contributed by atoms with E-state index < -0.39 is 17.4 Å². The van der Waals surface area contributed by atoms with E-state index in [-0.39, 0.29) is 16.7 Å². The summed E-state index contributed by atoms with van der Waals surface area (Å²) < 4.78 is 28.3. The minimum absolute atomic E-state index is 0.146. The van der Waals surface area contributed by atoms with Gasteiger partial charge in [0.05, 0.1) is 11.3 Å². The minimum Gasteiger partial charge on any atom is -0.288 e. The SMILES string of the molecule is Cc1cccc(C)c1-n1cc(C(=O)c2ccc(F)cc2F)ccc1=O. The van der Waals surface area contributed by atoms with Gasteiger partial charge in [-0.1, -0.05) is 18.2 Å². The van der Waals surface area contributed by atoms with Gasteiger partial charge in [-0.15, -0.1) is 0 Å². The number of carbonyl (C=O) groups is 1. The Bertz CT molecular complexity index is 1020. The molecule has 5 heteroatoms. The number of hydrogen-bond acceptors (Lipinski definition) is 2. The Morgan fingerprint density at radius 3 is 2.28 bits per heavy atom. The predicted molar refractivity (Wildman–Crippen MR) is 91.3 cm³/mol. The van der Waals surface area contributed by atoms with E-state index in [4.69, 9.17) is 0 Å². The molecular formula is C20H15F2NO2. The predicted octanol–water partition coefficient (Wildman–Crippen LogP) is 3.96. The highest BCUT2D eigenvalue weighted by Gasteiger charge is 2.17. The number of rotatable bonds is 3. The fraction of sp³-hybridized carbons (Fsp3) is 0.100. The molecule has 1 heterocycles. The van der Waals surface area contributed by atoms with Gasteiger partial charge in [-0.2, -0.15) is 0 Å². The van der Waals surface area contributed by atoms with E-state index in [2.05, 4.69) is 0 Å². The van der Waals surface area contributed by atoms with Crippen molar-refractivity contribution in [2.24, 2.45) is 0 Å². The second-order valence-corrected chi connectivity index (χ2v) is 5.82. The summed E-state index contributed by atoms with van der Waals surface area (Å²) in [5.41, 5.74) is 2.04. The van der Waals surface area contributed by atoms with Crippen molar-refractivity contribution in [2.75, 3.05) is 0 Å². The van der Waals surface area contributed by atoms with Crippen molar-refractivity contribution in [1.29, 1.82) is 0 Å². The van der Waals surface area contributed by atoms with Gasteiger partial charge in [0, 0.05) is 23.9 Å². The van der Waals surface area contributed by atoms with E-state index in [1.807, 2.05) is 32.0 Å². The highest BCUT2D eigenvalue weighted by Crippen LogP contribution is 2.19. The van der Waals surface area contributed by atoms with Crippen LogP contribution >= 0.6 is 0 Å². The van der Waals surface area contributed by atoms with Gasteiger partial charge in [0.15, 0.2) is 5.78 Å². The molecule has 0 aliphatic carbocycles. The first kappa shape index (κ1) is 16.8. The molecular weight excluding hydrogens is 324 g/mol. The number of aryl methyl sites for hydroxylation is 2. The van der Waals surface area contributed by atoms with Gasteiger partial charge in [0.2, 0.25) is 0 Å². The Morgan fingerprint density at radius 2 is 1.64 bits per heavy atom. The molecule has 126 valence electrons. The van der Waals surface area contributed by atoms with Crippen LogP contribution in [0, 0.1) is 25.5 Å². The fourth-order valence-corrected chi connectivity index (χ4v) is 2.81. The first-order chi connectivity index (χ1) is 11.9. The minimum atomic E-state index is -0.935. The van der Waals surface area contributed by atoms with Crippen molar-refractivity contribution < 1.29 is 13.6 Å². The van der Waals surface area contributed by atoms with Crippen molar-refractivity contribution >= 4 is 5.78 Å². The second kappa shape index (κ2) is 6.43. The quantitative estimate of drug-likeness (QED) is 0.678. The van der Waals surface area contributed by atoms with E-state index in [1.54, 1.807) is 0 Å². The van der Waals surface area contributed by atoms with Crippen LogP contribution in [0.25, 0.3) is 5.69 Å². The maximum absolute atomic E-state index is 13.9. The van der Waals surface area contributed by atoms with Crippen LogP contribution in [0.1, 0.15) is 27.0 Å². The van der Waals surface area contributed by atoms with E-state index in [0.717, 1.165) is 23.3 Å². The Hall–Kier alpha value is -3.08. The summed E-state index contributed by atoms with van der Waals surface area (Å²) in [6, 6.07) is 11.0. The molecule has 0 amide bonds. The molecule has 0 saturated carbocycles. The summed E-state index contributed by atoms with van der Waals surface area (Å²) >= 11 is 0. The molecule has 0 bridgehead atoms. The normalized spacial score (nSPS) is 10.7. The Balaban J connectivity index is 2.14. The number of pyridine rings is 1. The van der Waals surface area contributed by atoms with Gasteiger partial charge in [-0.25, -0.2) is 8.78 Å². The number of carbonyl (C=O) groups excluding carboxylic acids is 1. The molecule has 0 aliphatic rings. The standard InChI is InChI=1S/C20H15F2NO2/c1-12-4-3-5-13(2)19(12)23-11-14(6-9-18(23)24)20(25)16-8-7-15(21)10-17(16)22/h3-11H,1-2H3. The Morgan fingerprint density at radius 1 is 0.960 bits per heavy atom. The van der Waals surface area contributed by atoms with E-state index in [0.29, 0.717) is 11.8 Å². The van der Waals surface area contributed by atoms with Gasteiger partial charge in [0.25, 0.3) is 5.56 Å². The molecule has 0 fully saturated rings. The Kier molecular flexibility index (Phi) is 4.31. The van der Waals surface area contributed by atoms with Crippen LogP contribution in [0.15, 0.2) is 59.5 Å². The van der Waals surface area contributed by atoms with Crippen molar-refractivity contribution in [3.8, 4) is 5.69 Å². The highest BCUT2D eigenvalue weighted by molar-refractivity contribution is 6.09. The molecule has 3 rings (SSSR count). The molecule has 0 radical (unpaired) electrons. The zero-order valence-electron chi connectivity index (χ0n) is 13.7. The third-order valence-electron chi connectivity index (χ3n) is 4.03. The highest BCUT2D eigenvalue weighted by atomic mass is 19.1. The summed E-state index contributed by atoms with van der Waals surface area (Å²) in [7, 11) is 0. The largest absolute Gasteiger partial charge is 0.288 e. The lowest BCUT2D eigenvalue weighted by Crippen LogP contribution is -2.20. The number of aromatic nitrogens is 1. The summed E-state index contributed by atoms with van der Waals surface area (Å²) in [6.07, 6.45) is 1.39. The lowest BCUT2D eigenvalue weighted by molar-refractivity contribution is 0.103. The van der Waals surface area contributed by atoms with Crippen LogP contribution < -0.4 is 5.56 Å². The van der Waals surface area contributed by atoms with Crippen molar-refractivity contribution in [3.05, 3.63) is 99.0 Å². The molecule has 2 aromatic carbocycles. The molecule has 25 heavy (non-hydrogen) atoms. The number of halogens is 2. The first-order valence-corrected chi connectivity index (χ1v) is 7.67. The molecule has 0 saturated heterocycles. The molecule has 0 N–H and O–H groups in total. The maximum atomic E-state index is 13.9. The van der Waals surface area contributed by atoms with E-state index in [1.165, 1.54) is 22.9 Å². The molecule has 0 aliphatic heterocycles. The monoisotopic (exact) mass is 339 g/mol. The molecule has 0 spiro atoms. The lowest BCUT2D eigenvalue weighted by Gasteiger charge is -2.13. The van der Waals surface area contributed by atoms with E-state index in [9.17, 15) is 18.4 Å². The first-order valence-electron chi connectivity index (χ1n) is 7.67. The zero-order chi connectivity index (χ0) is 18.1. The van der Waals surface area contributed by atoms with Gasteiger partial charge >= 0.3 is 0 Å². The van der Waals surface area contributed by atoms with Gasteiger partial charge in [0.1, 0.15) is 11.6 Å². The van der Waals surface area contributed by atoms with Crippen LogP contribution in [0.2, 0.25) is 0 Å². The van der Waals surface area contributed by atoms with Crippen LogP contribution in [0.4, 0.5) is 8.78 Å². The topological polar surface area (TPSA) is 39.1 Å². The molecule has 3 aromatic rings. The maximum Gasteiger partial charge on any atom is 0.255 e. The zero-order valence-corrected chi connectivity index (χ0v) is 13.7. The number of benzene rings is 2. The van der Waals surface area contributed by atoms with Crippen LogP contribution in [-0.2, 0) is 0 Å². The van der Waals surface area contributed by atoms with Crippen molar-refractivity contribution in [2.45, 2.75) is 13.8 Å². The average molecular weight is 339 g/mol. The number of ketones is 1. The molecule has 0 unspecified atom stereocenters. The second-order valence-electron chi connectivity index (χ2n) is 5.82. The molecule has 0 atom stereocenters. The molecule has 1 aromatic heterocycles. The smallest absolute Gasteiger partial charge is 0.255 e. The number of hydrogen-bond donors (Lipinski definition) is 0.